The Balaban J connectivity index is 1.70. The minimum atomic E-state index is -0.880. The van der Waals surface area contributed by atoms with Crippen molar-refractivity contribution in [2.75, 3.05) is 64.5 Å². The van der Waals surface area contributed by atoms with Crippen LogP contribution in [0.1, 0.15) is 10.5 Å². The number of amides is 3. The molecule has 0 saturated carbocycles. The maximum absolute atomic E-state index is 12.8. The molecule has 11 heteroatoms. The van der Waals surface area contributed by atoms with Crippen LogP contribution in [0.5, 0.6) is 0 Å². The highest BCUT2D eigenvalue weighted by atomic mass is 16.5. The van der Waals surface area contributed by atoms with Crippen LogP contribution in [0, 0.1) is 5.41 Å². The predicted octanol–water partition coefficient (Wildman–Crippen LogP) is -0.576. The van der Waals surface area contributed by atoms with Crippen molar-refractivity contribution in [3.05, 3.63) is 23.9 Å². The minimum Gasteiger partial charge on any atom is -0.395 e. The zero-order chi connectivity index (χ0) is 21.5. The quantitative estimate of drug-likeness (QED) is 0.402. The van der Waals surface area contributed by atoms with Crippen molar-refractivity contribution in [2.45, 2.75) is 6.04 Å². The van der Waals surface area contributed by atoms with E-state index in [0.29, 0.717) is 45.2 Å². The number of aliphatic hydroxyl groups excluding tert-OH is 1. The molecule has 30 heavy (non-hydrogen) atoms. The van der Waals surface area contributed by atoms with Crippen LogP contribution in [-0.4, -0.2) is 110 Å². The molecule has 0 bridgehead atoms. The van der Waals surface area contributed by atoms with E-state index >= 15 is 0 Å². The van der Waals surface area contributed by atoms with Crippen LogP contribution in [-0.2, 0) is 4.74 Å². The third kappa shape index (κ3) is 4.92. The van der Waals surface area contributed by atoms with Gasteiger partial charge in [0.1, 0.15) is 23.4 Å². The first-order chi connectivity index (χ1) is 14.5. The number of aliphatic imine (C=N–C) groups is 1. The van der Waals surface area contributed by atoms with Crippen molar-refractivity contribution in [1.82, 2.24) is 20.1 Å². The zero-order valence-electron chi connectivity index (χ0n) is 17.0. The van der Waals surface area contributed by atoms with Crippen molar-refractivity contribution in [1.29, 1.82) is 5.41 Å². The average molecular weight is 417 g/mol. The molecule has 3 N–H and O–H groups in total. The molecule has 1 unspecified atom stereocenters. The average Bonchev–Trinajstić information content (AvgIpc) is 3.14. The SMILES string of the molecule is CN=CC(NC(=O)c1cccc(N2CCOCC2)n1)C(=N)N1CCN(CCO)C1=O. The number of β-amino-alcohol motifs (C(OH)–C–C–N with tert-alkyl or cyclic N) is 1. The van der Waals surface area contributed by atoms with E-state index in [0.717, 1.165) is 0 Å². The summed E-state index contributed by atoms with van der Waals surface area (Å²) in [7, 11) is 1.54. The molecule has 3 amide bonds. The van der Waals surface area contributed by atoms with Gasteiger partial charge in [-0.1, -0.05) is 6.07 Å². The summed E-state index contributed by atoms with van der Waals surface area (Å²) in [5, 5.41) is 20.2. The lowest BCUT2D eigenvalue weighted by Gasteiger charge is -2.28. The first-order valence-electron chi connectivity index (χ1n) is 9.83. The van der Waals surface area contributed by atoms with E-state index in [1.165, 1.54) is 23.1 Å². The molecule has 162 valence electrons. The number of nitrogens with zero attached hydrogens (tertiary/aromatic N) is 5. The van der Waals surface area contributed by atoms with Crippen LogP contribution in [0.25, 0.3) is 0 Å². The highest BCUT2D eigenvalue weighted by Gasteiger charge is 2.34. The summed E-state index contributed by atoms with van der Waals surface area (Å²) < 4.78 is 5.35. The van der Waals surface area contributed by atoms with E-state index in [-0.39, 0.29) is 30.7 Å². The molecule has 2 aliphatic rings. The normalized spacial score (nSPS) is 18.2. The lowest BCUT2D eigenvalue weighted by Crippen LogP contribution is -2.50. The standard InChI is InChI=1S/C19H27N7O4/c1-21-13-15(17(20)26-6-5-25(7-10-27)19(26)29)23-18(28)14-3-2-4-16(22-14)24-8-11-30-12-9-24/h2-4,13,15,20,27H,5-12H2,1H3,(H,23,28). The maximum Gasteiger partial charge on any atom is 0.325 e. The molecule has 3 heterocycles. The number of morpholine rings is 1. The van der Waals surface area contributed by atoms with E-state index in [9.17, 15) is 9.59 Å². The van der Waals surface area contributed by atoms with Gasteiger partial charge in [-0.25, -0.2) is 9.78 Å². The minimum absolute atomic E-state index is 0.0799. The third-order valence-corrected chi connectivity index (χ3v) is 4.94. The smallest absolute Gasteiger partial charge is 0.325 e. The Morgan fingerprint density at radius 1 is 1.37 bits per heavy atom. The van der Waals surface area contributed by atoms with Gasteiger partial charge in [-0.2, -0.15) is 0 Å². The van der Waals surface area contributed by atoms with Gasteiger partial charge in [0.2, 0.25) is 0 Å². The number of carbonyl (C=O) groups excluding carboxylic acids is 2. The summed E-state index contributed by atoms with van der Waals surface area (Å²) >= 11 is 0. The molecule has 2 fully saturated rings. The number of pyridine rings is 1. The summed E-state index contributed by atoms with van der Waals surface area (Å²) in [4.78, 5) is 38.4. The number of hydrogen-bond donors (Lipinski definition) is 3. The maximum atomic E-state index is 12.8. The summed E-state index contributed by atoms with van der Waals surface area (Å²) in [6.45, 7) is 3.42. The molecule has 1 aromatic rings. The van der Waals surface area contributed by atoms with Gasteiger partial charge in [0.25, 0.3) is 5.91 Å². The van der Waals surface area contributed by atoms with E-state index in [4.69, 9.17) is 15.3 Å². The molecular formula is C19H27N7O4. The second-order valence-electron chi connectivity index (χ2n) is 6.87. The highest BCUT2D eigenvalue weighted by molar-refractivity contribution is 6.10. The highest BCUT2D eigenvalue weighted by Crippen LogP contribution is 2.14. The lowest BCUT2D eigenvalue weighted by molar-refractivity contribution is 0.0948. The fourth-order valence-corrected chi connectivity index (χ4v) is 3.36. The fraction of sp³-hybridized carbons (Fsp3) is 0.526. The van der Waals surface area contributed by atoms with Crippen LogP contribution in [0.15, 0.2) is 23.2 Å². The number of amidine groups is 1. The lowest BCUT2D eigenvalue weighted by atomic mass is 10.2. The van der Waals surface area contributed by atoms with Crippen molar-refractivity contribution in [3.63, 3.8) is 0 Å². The number of nitrogens with one attached hydrogen (secondary N) is 2. The third-order valence-electron chi connectivity index (χ3n) is 4.94. The van der Waals surface area contributed by atoms with Gasteiger partial charge in [0.15, 0.2) is 0 Å². The number of urea groups is 1. The zero-order valence-corrected chi connectivity index (χ0v) is 17.0. The largest absolute Gasteiger partial charge is 0.395 e. The van der Waals surface area contributed by atoms with Gasteiger partial charge < -0.3 is 25.0 Å². The molecule has 1 aromatic heterocycles. The summed E-state index contributed by atoms with van der Waals surface area (Å²) in [6.07, 6.45) is 1.41. The summed E-state index contributed by atoms with van der Waals surface area (Å²) in [6, 6.07) is 3.96. The molecule has 0 radical (unpaired) electrons. The Morgan fingerprint density at radius 2 is 2.13 bits per heavy atom. The van der Waals surface area contributed by atoms with Gasteiger partial charge in [0.05, 0.1) is 19.8 Å². The van der Waals surface area contributed by atoms with E-state index in [2.05, 4.69) is 15.3 Å². The molecule has 0 spiro atoms. The Hall–Kier alpha value is -3.05. The second-order valence-corrected chi connectivity index (χ2v) is 6.87. The van der Waals surface area contributed by atoms with Crippen LogP contribution in [0.4, 0.5) is 10.6 Å². The van der Waals surface area contributed by atoms with E-state index < -0.39 is 11.9 Å². The number of aromatic nitrogens is 1. The molecule has 2 saturated heterocycles. The van der Waals surface area contributed by atoms with Gasteiger partial charge in [-0.05, 0) is 12.1 Å². The molecular weight excluding hydrogens is 390 g/mol. The van der Waals surface area contributed by atoms with Crippen LogP contribution in [0.3, 0.4) is 0 Å². The number of rotatable bonds is 7. The molecule has 0 aromatic carbocycles. The van der Waals surface area contributed by atoms with Gasteiger partial charge >= 0.3 is 6.03 Å². The number of ether oxygens (including phenoxy) is 1. The van der Waals surface area contributed by atoms with E-state index in [1.54, 1.807) is 12.1 Å². The van der Waals surface area contributed by atoms with Crippen molar-refractivity contribution in [2.24, 2.45) is 4.99 Å². The van der Waals surface area contributed by atoms with Crippen LogP contribution < -0.4 is 10.2 Å². The van der Waals surface area contributed by atoms with Gasteiger partial charge in [-0.3, -0.25) is 20.1 Å². The Morgan fingerprint density at radius 3 is 2.83 bits per heavy atom. The molecule has 0 aliphatic carbocycles. The number of anilines is 1. The number of aliphatic hydroxyl groups is 1. The molecule has 11 nitrogen and oxygen atoms in total. The fourth-order valence-electron chi connectivity index (χ4n) is 3.36. The summed E-state index contributed by atoms with van der Waals surface area (Å²) in [5.74, 6) is 0.151. The van der Waals surface area contributed by atoms with Crippen molar-refractivity contribution >= 4 is 29.8 Å². The van der Waals surface area contributed by atoms with Crippen LogP contribution in [0.2, 0.25) is 0 Å². The topological polar surface area (TPSA) is 134 Å². The van der Waals surface area contributed by atoms with E-state index in [1.807, 2.05) is 11.0 Å². The molecule has 1 atom stereocenters. The number of carbonyl (C=O) groups is 2. The van der Waals surface area contributed by atoms with Crippen LogP contribution >= 0.6 is 0 Å². The Labute approximate surface area is 174 Å². The summed E-state index contributed by atoms with van der Waals surface area (Å²) in [5.41, 5.74) is 0.218. The first-order valence-corrected chi connectivity index (χ1v) is 9.83. The number of hydrogen-bond acceptors (Lipinski definition) is 8. The van der Waals surface area contributed by atoms with Gasteiger partial charge in [0, 0.05) is 46.0 Å². The Bertz CT molecular complexity index is 810. The molecule has 2 aliphatic heterocycles. The van der Waals surface area contributed by atoms with Crippen molar-refractivity contribution in [3.8, 4) is 0 Å². The predicted molar refractivity (Wildman–Crippen MR) is 111 cm³/mol. The molecule has 3 rings (SSSR count). The first kappa shape index (κ1) is 21.7. The monoisotopic (exact) mass is 417 g/mol. The van der Waals surface area contributed by atoms with Crippen molar-refractivity contribution < 1.29 is 19.4 Å². The second kappa shape index (κ2) is 10.1. The van der Waals surface area contributed by atoms with Gasteiger partial charge in [-0.15, -0.1) is 0 Å². The Kier molecular flexibility index (Phi) is 7.31.